The number of ether oxygens (including phenoxy) is 1. The summed E-state index contributed by atoms with van der Waals surface area (Å²) in [6, 6.07) is 6.63. The molecule has 3 nitrogen and oxygen atoms in total. The van der Waals surface area contributed by atoms with Crippen molar-refractivity contribution in [2.45, 2.75) is 50.9 Å². The quantitative estimate of drug-likeness (QED) is 0.839. The van der Waals surface area contributed by atoms with Gasteiger partial charge in [-0.05, 0) is 52.6 Å². The Morgan fingerprint density at radius 2 is 1.95 bits per heavy atom. The van der Waals surface area contributed by atoms with E-state index in [-0.39, 0.29) is 6.10 Å². The highest BCUT2D eigenvalue weighted by atomic mass is 16.5. The standard InChI is InChI=1S/C17H28NO2/c1-12(18(2)3)15-6-5-7-16(15)17(19)13-8-10-14(20-4)11-9-13/h5-7,12-14,17,19H,8-11H2,1-4H3/q-1. The maximum absolute atomic E-state index is 10.7. The number of hydrogen-bond donors (Lipinski definition) is 1. The van der Waals surface area contributed by atoms with Crippen molar-refractivity contribution in [2.24, 2.45) is 5.92 Å². The first-order chi connectivity index (χ1) is 9.54. The molecule has 2 unspecified atom stereocenters. The fraction of sp³-hybridized carbons (Fsp3) is 0.706. The molecule has 0 aromatic heterocycles. The molecule has 1 aromatic carbocycles. The molecule has 2 rings (SSSR count). The summed E-state index contributed by atoms with van der Waals surface area (Å²) in [7, 11) is 5.95. The highest BCUT2D eigenvalue weighted by Crippen LogP contribution is 2.38. The third kappa shape index (κ3) is 3.27. The molecule has 0 spiro atoms. The van der Waals surface area contributed by atoms with Crippen LogP contribution in [-0.2, 0) is 4.74 Å². The summed E-state index contributed by atoms with van der Waals surface area (Å²) in [6.45, 7) is 2.19. The molecule has 0 amide bonds. The van der Waals surface area contributed by atoms with E-state index in [9.17, 15) is 5.11 Å². The van der Waals surface area contributed by atoms with Crippen LogP contribution in [0.15, 0.2) is 18.2 Å². The second kappa shape index (κ2) is 6.79. The first-order valence-corrected chi connectivity index (χ1v) is 7.67. The van der Waals surface area contributed by atoms with Crippen molar-refractivity contribution < 1.29 is 9.84 Å². The largest absolute Gasteiger partial charge is 0.401 e. The molecule has 0 bridgehead atoms. The molecule has 20 heavy (non-hydrogen) atoms. The molecule has 0 heterocycles. The van der Waals surface area contributed by atoms with Gasteiger partial charge in [0.1, 0.15) is 0 Å². The van der Waals surface area contributed by atoms with Crippen LogP contribution in [0.3, 0.4) is 0 Å². The number of nitrogens with zero attached hydrogens (tertiary/aromatic N) is 1. The van der Waals surface area contributed by atoms with Crippen molar-refractivity contribution >= 4 is 0 Å². The van der Waals surface area contributed by atoms with Gasteiger partial charge in [-0.25, -0.2) is 6.07 Å². The Labute approximate surface area is 122 Å². The Balaban J connectivity index is 2.06. The Morgan fingerprint density at radius 3 is 2.50 bits per heavy atom. The Morgan fingerprint density at radius 1 is 1.30 bits per heavy atom. The predicted molar refractivity (Wildman–Crippen MR) is 81.9 cm³/mol. The van der Waals surface area contributed by atoms with Crippen molar-refractivity contribution in [3.63, 3.8) is 0 Å². The third-order valence-corrected chi connectivity index (χ3v) is 4.93. The van der Waals surface area contributed by atoms with Gasteiger partial charge in [0.25, 0.3) is 0 Å². The van der Waals surface area contributed by atoms with Gasteiger partial charge in [-0.2, -0.15) is 17.7 Å². The number of rotatable bonds is 5. The fourth-order valence-electron chi connectivity index (χ4n) is 3.27. The number of methoxy groups -OCH3 is 1. The van der Waals surface area contributed by atoms with Gasteiger partial charge in [-0.3, -0.25) is 0 Å². The zero-order valence-electron chi connectivity index (χ0n) is 13.2. The lowest BCUT2D eigenvalue weighted by Crippen LogP contribution is -2.25. The predicted octanol–water partition coefficient (Wildman–Crippen LogP) is 3.27. The van der Waals surface area contributed by atoms with Gasteiger partial charge >= 0.3 is 0 Å². The molecule has 1 fully saturated rings. The highest BCUT2D eigenvalue weighted by Gasteiger charge is 2.26. The van der Waals surface area contributed by atoms with Crippen molar-refractivity contribution in [2.75, 3.05) is 21.2 Å². The Hall–Kier alpha value is -0.770. The lowest BCUT2D eigenvalue weighted by molar-refractivity contribution is 0.0181. The van der Waals surface area contributed by atoms with Crippen LogP contribution in [0.1, 0.15) is 55.9 Å². The van der Waals surface area contributed by atoms with Crippen LogP contribution in [0.2, 0.25) is 0 Å². The highest BCUT2D eigenvalue weighted by molar-refractivity contribution is 5.34. The summed E-state index contributed by atoms with van der Waals surface area (Å²) in [4.78, 5) is 2.19. The molecular formula is C17H28NO2-. The average molecular weight is 278 g/mol. The molecule has 1 aliphatic carbocycles. The van der Waals surface area contributed by atoms with Gasteiger partial charge in [-0.15, -0.1) is 5.56 Å². The smallest absolute Gasteiger partial charge is 0.0571 e. The van der Waals surface area contributed by atoms with E-state index in [4.69, 9.17) is 4.74 Å². The Kier molecular flexibility index (Phi) is 5.30. The molecule has 1 aromatic rings. The summed E-state index contributed by atoms with van der Waals surface area (Å²) in [5, 5.41) is 10.7. The molecule has 1 saturated carbocycles. The van der Waals surface area contributed by atoms with E-state index in [0.717, 1.165) is 31.2 Å². The fourth-order valence-corrected chi connectivity index (χ4v) is 3.27. The van der Waals surface area contributed by atoms with Crippen molar-refractivity contribution in [1.29, 1.82) is 0 Å². The van der Waals surface area contributed by atoms with Crippen LogP contribution < -0.4 is 0 Å². The molecule has 3 heteroatoms. The SMILES string of the molecule is COC1CCC(C(O)c2cc[cH-]c2C(C)N(C)C)CC1. The zero-order valence-corrected chi connectivity index (χ0v) is 13.2. The number of aliphatic hydroxyl groups is 1. The van der Waals surface area contributed by atoms with E-state index in [1.807, 2.05) is 0 Å². The molecule has 2 atom stereocenters. The second-order valence-electron chi connectivity index (χ2n) is 6.29. The lowest BCUT2D eigenvalue weighted by atomic mass is 9.81. The van der Waals surface area contributed by atoms with E-state index in [2.05, 4.69) is 44.1 Å². The van der Waals surface area contributed by atoms with Gasteiger partial charge in [0.05, 0.1) is 6.10 Å². The first kappa shape index (κ1) is 15.6. The molecule has 1 aliphatic rings. The monoisotopic (exact) mass is 278 g/mol. The maximum Gasteiger partial charge on any atom is 0.0571 e. The van der Waals surface area contributed by atoms with Gasteiger partial charge in [0, 0.05) is 19.3 Å². The molecule has 114 valence electrons. The van der Waals surface area contributed by atoms with E-state index in [0.29, 0.717) is 18.1 Å². The van der Waals surface area contributed by atoms with Crippen LogP contribution in [-0.4, -0.2) is 37.3 Å². The van der Waals surface area contributed by atoms with Crippen LogP contribution in [0.25, 0.3) is 0 Å². The first-order valence-electron chi connectivity index (χ1n) is 7.67. The van der Waals surface area contributed by atoms with Crippen LogP contribution >= 0.6 is 0 Å². The average Bonchev–Trinajstić information content (AvgIpc) is 2.94. The van der Waals surface area contributed by atoms with E-state index >= 15 is 0 Å². The van der Waals surface area contributed by atoms with Crippen LogP contribution in [0.5, 0.6) is 0 Å². The van der Waals surface area contributed by atoms with Crippen molar-refractivity contribution in [3.05, 3.63) is 29.3 Å². The Bertz CT molecular complexity index is 405. The second-order valence-corrected chi connectivity index (χ2v) is 6.29. The summed E-state index contributed by atoms with van der Waals surface area (Å²) >= 11 is 0. The van der Waals surface area contributed by atoms with Crippen LogP contribution in [0, 0.1) is 5.92 Å². The minimum Gasteiger partial charge on any atom is -0.401 e. The van der Waals surface area contributed by atoms with Crippen molar-refractivity contribution in [1.82, 2.24) is 4.90 Å². The minimum absolute atomic E-state index is 0.333. The van der Waals surface area contributed by atoms with Gasteiger partial charge < -0.3 is 14.7 Å². The zero-order chi connectivity index (χ0) is 14.7. The van der Waals surface area contributed by atoms with Crippen LogP contribution in [0.4, 0.5) is 0 Å². The van der Waals surface area contributed by atoms with Gasteiger partial charge in [-0.1, -0.05) is 0 Å². The molecule has 1 N–H and O–H groups in total. The summed E-state index contributed by atoms with van der Waals surface area (Å²) < 4.78 is 5.42. The van der Waals surface area contributed by atoms with Gasteiger partial charge in [0.2, 0.25) is 0 Å². The van der Waals surface area contributed by atoms with Gasteiger partial charge in [0.15, 0.2) is 0 Å². The minimum atomic E-state index is -0.333. The van der Waals surface area contributed by atoms with E-state index < -0.39 is 0 Å². The lowest BCUT2D eigenvalue weighted by Gasteiger charge is -2.35. The van der Waals surface area contributed by atoms with Crippen molar-refractivity contribution in [3.8, 4) is 0 Å². The number of hydrogen-bond acceptors (Lipinski definition) is 3. The molecular weight excluding hydrogens is 250 g/mol. The summed E-state index contributed by atoms with van der Waals surface area (Å²) in [5.41, 5.74) is 2.38. The third-order valence-electron chi connectivity index (χ3n) is 4.93. The molecule has 0 saturated heterocycles. The summed E-state index contributed by atoms with van der Waals surface area (Å²) in [5.74, 6) is 0.372. The molecule has 0 radical (unpaired) electrons. The topological polar surface area (TPSA) is 32.7 Å². The number of aliphatic hydroxyl groups excluding tert-OH is 1. The molecule has 0 aliphatic heterocycles. The normalized spacial score (nSPS) is 26.7. The summed E-state index contributed by atoms with van der Waals surface area (Å²) in [6.07, 6.45) is 4.30. The maximum atomic E-state index is 10.7. The van der Waals surface area contributed by atoms with E-state index in [1.54, 1.807) is 7.11 Å². The van der Waals surface area contributed by atoms with E-state index in [1.165, 1.54) is 5.56 Å².